The van der Waals surface area contributed by atoms with E-state index in [0.29, 0.717) is 23.2 Å². The maximum Gasteiger partial charge on any atom is 0.228 e. The highest BCUT2D eigenvalue weighted by molar-refractivity contribution is 5.78. The lowest BCUT2D eigenvalue weighted by Crippen LogP contribution is -2.49. The van der Waals surface area contributed by atoms with E-state index in [9.17, 15) is 9.18 Å². The molecule has 0 saturated carbocycles. The smallest absolute Gasteiger partial charge is 0.228 e. The van der Waals surface area contributed by atoms with Crippen molar-refractivity contribution in [3.05, 3.63) is 42.0 Å². The number of oxazole rings is 1. The monoisotopic (exact) mass is 358 g/mol. The van der Waals surface area contributed by atoms with Gasteiger partial charge in [-0.1, -0.05) is 0 Å². The number of rotatable bonds is 4. The number of amides is 1. The molecular formula is C19H23FN4O2. The first-order valence-electron chi connectivity index (χ1n) is 9.12. The van der Waals surface area contributed by atoms with Crippen molar-refractivity contribution in [1.82, 2.24) is 20.1 Å². The number of carbonyl (C=O) groups excluding carboxylic acids is 1. The van der Waals surface area contributed by atoms with Crippen LogP contribution in [0.1, 0.15) is 12.1 Å². The zero-order chi connectivity index (χ0) is 17.9. The van der Waals surface area contributed by atoms with Gasteiger partial charge in [0.2, 0.25) is 11.8 Å². The quantitative estimate of drug-likeness (QED) is 0.898. The van der Waals surface area contributed by atoms with Crippen LogP contribution < -0.4 is 5.32 Å². The Labute approximate surface area is 152 Å². The van der Waals surface area contributed by atoms with Crippen LogP contribution in [0, 0.1) is 5.82 Å². The van der Waals surface area contributed by atoms with Gasteiger partial charge in [0.15, 0.2) is 0 Å². The Bertz CT molecular complexity index is 755. The maximum absolute atomic E-state index is 13.0. The lowest BCUT2D eigenvalue weighted by atomic mass is 10.2. The van der Waals surface area contributed by atoms with Crippen molar-refractivity contribution in [2.75, 3.05) is 39.3 Å². The predicted molar refractivity (Wildman–Crippen MR) is 95.0 cm³/mol. The van der Waals surface area contributed by atoms with Gasteiger partial charge in [-0.25, -0.2) is 9.37 Å². The topological polar surface area (TPSA) is 61.6 Å². The van der Waals surface area contributed by atoms with E-state index in [0.717, 1.165) is 45.7 Å². The third-order valence-corrected chi connectivity index (χ3v) is 5.16. The van der Waals surface area contributed by atoms with E-state index < -0.39 is 0 Å². The maximum atomic E-state index is 13.0. The van der Waals surface area contributed by atoms with E-state index in [1.54, 1.807) is 12.1 Å². The van der Waals surface area contributed by atoms with Crippen LogP contribution in [0.4, 0.5) is 4.39 Å². The molecule has 2 aliphatic heterocycles. The predicted octanol–water partition coefficient (Wildman–Crippen LogP) is 1.53. The van der Waals surface area contributed by atoms with Gasteiger partial charge in [-0.05, 0) is 30.7 Å². The highest BCUT2D eigenvalue weighted by atomic mass is 19.1. The molecule has 1 unspecified atom stereocenters. The Morgan fingerprint density at radius 1 is 1.23 bits per heavy atom. The largest absolute Gasteiger partial charge is 0.444 e. The van der Waals surface area contributed by atoms with Gasteiger partial charge < -0.3 is 14.6 Å². The fourth-order valence-electron chi connectivity index (χ4n) is 3.69. The van der Waals surface area contributed by atoms with Gasteiger partial charge in [-0.3, -0.25) is 9.69 Å². The Morgan fingerprint density at radius 3 is 2.77 bits per heavy atom. The highest BCUT2D eigenvalue weighted by Crippen LogP contribution is 2.21. The molecule has 4 rings (SSSR count). The Morgan fingerprint density at radius 2 is 2.00 bits per heavy atom. The number of benzene rings is 1. The van der Waals surface area contributed by atoms with E-state index in [1.165, 1.54) is 18.4 Å². The van der Waals surface area contributed by atoms with Crippen LogP contribution in [0.15, 0.2) is 34.9 Å². The normalized spacial score (nSPS) is 21.3. The lowest BCUT2D eigenvalue weighted by Gasteiger charge is -2.32. The standard InChI is InChI=1S/C19H23FN4O2/c20-15-3-1-14(2-4-15)19-22-16(13-26-19)11-18(25)24-8-5-17(12-24)23-9-6-21-7-10-23/h1-4,13,17,21H,5-12H2. The summed E-state index contributed by atoms with van der Waals surface area (Å²) in [6.07, 6.45) is 2.78. The summed E-state index contributed by atoms with van der Waals surface area (Å²) in [5.74, 6) is 0.193. The van der Waals surface area contributed by atoms with Crippen molar-refractivity contribution in [1.29, 1.82) is 0 Å². The summed E-state index contributed by atoms with van der Waals surface area (Å²) in [4.78, 5) is 21.4. The Balaban J connectivity index is 1.34. The average molecular weight is 358 g/mol. The second-order valence-electron chi connectivity index (χ2n) is 6.90. The number of nitrogens with one attached hydrogen (secondary N) is 1. The van der Waals surface area contributed by atoms with Crippen LogP contribution in [-0.4, -0.2) is 66.0 Å². The minimum atomic E-state index is -0.302. The molecule has 2 aromatic rings. The van der Waals surface area contributed by atoms with Crippen molar-refractivity contribution in [2.24, 2.45) is 0 Å². The first-order chi connectivity index (χ1) is 12.7. The molecule has 0 radical (unpaired) electrons. The van der Waals surface area contributed by atoms with Crippen LogP contribution in [0.3, 0.4) is 0 Å². The molecule has 2 saturated heterocycles. The molecule has 2 fully saturated rings. The Hall–Kier alpha value is -2.25. The van der Waals surface area contributed by atoms with Crippen molar-refractivity contribution in [3.8, 4) is 11.5 Å². The lowest BCUT2D eigenvalue weighted by molar-refractivity contribution is -0.129. The summed E-state index contributed by atoms with van der Waals surface area (Å²) < 4.78 is 18.5. The zero-order valence-electron chi connectivity index (χ0n) is 14.7. The minimum absolute atomic E-state index is 0.0848. The van der Waals surface area contributed by atoms with Crippen molar-refractivity contribution in [2.45, 2.75) is 18.9 Å². The number of likely N-dealkylation sites (tertiary alicyclic amines) is 1. The number of nitrogens with zero attached hydrogens (tertiary/aromatic N) is 3. The number of piperazine rings is 1. The fraction of sp³-hybridized carbons (Fsp3) is 0.474. The number of carbonyl (C=O) groups is 1. The SMILES string of the molecule is O=C(Cc1coc(-c2ccc(F)cc2)n1)N1CCC(N2CCNCC2)C1. The van der Waals surface area contributed by atoms with Crippen LogP contribution in [0.25, 0.3) is 11.5 Å². The van der Waals surface area contributed by atoms with Crippen molar-refractivity contribution < 1.29 is 13.6 Å². The van der Waals surface area contributed by atoms with Gasteiger partial charge in [-0.2, -0.15) is 0 Å². The minimum Gasteiger partial charge on any atom is -0.444 e. The van der Waals surface area contributed by atoms with E-state index in [2.05, 4.69) is 15.2 Å². The molecule has 1 aromatic heterocycles. The molecule has 1 N–H and O–H groups in total. The van der Waals surface area contributed by atoms with Crippen molar-refractivity contribution in [3.63, 3.8) is 0 Å². The molecule has 6 nitrogen and oxygen atoms in total. The van der Waals surface area contributed by atoms with Gasteiger partial charge in [0.25, 0.3) is 0 Å². The van der Waals surface area contributed by atoms with Crippen molar-refractivity contribution >= 4 is 5.91 Å². The average Bonchev–Trinajstić information content (AvgIpc) is 3.33. The number of aromatic nitrogens is 1. The zero-order valence-corrected chi connectivity index (χ0v) is 14.7. The summed E-state index contributed by atoms with van der Waals surface area (Å²) in [6, 6.07) is 6.43. The molecule has 138 valence electrons. The first kappa shape index (κ1) is 17.2. The third-order valence-electron chi connectivity index (χ3n) is 5.16. The summed E-state index contributed by atoms with van der Waals surface area (Å²) in [6.45, 7) is 5.75. The molecule has 3 heterocycles. The molecule has 0 aliphatic carbocycles. The summed E-state index contributed by atoms with van der Waals surface area (Å²) in [5.41, 5.74) is 1.31. The molecule has 2 aliphatic rings. The second-order valence-corrected chi connectivity index (χ2v) is 6.90. The van der Waals surface area contributed by atoms with Crippen LogP contribution in [-0.2, 0) is 11.2 Å². The summed E-state index contributed by atoms with van der Waals surface area (Å²) >= 11 is 0. The first-order valence-corrected chi connectivity index (χ1v) is 9.12. The number of hydrogen-bond donors (Lipinski definition) is 1. The third kappa shape index (κ3) is 3.78. The fourth-order valence-corrected chi connectivity index (χ4v) is 3.69. The second kappa shape index (κ2) is 7.55. The van der Waals surface area contributed by atoms with E-state index in [4.69, 9.17) is 4.42 Å². The highest BCUT2D eigenvalue weighted by Gasteiger charge is 2.31. The van der Waals surface area contributed by atoms with Gasteiger partial charge >= 0.3 is 0 Å². The van der Waals surface area contributed by atoms with Gasteiger partial charge in [0, 0.05) is 50.9 Å². The van der Waals surface area contributed by atoms with E-state index in [-0.39, 0.29) is 18.1 Å². The van der Waals surface area contributed by atoms with E-state index >= 15 is 0 Å². The summed E-state index contributed by atoms with van der Waals surface area (Å²) in [7, 11) is 0. The van der Waals surface area contributed by atoms with Crippen LogP contribution in [0.2, 0.25) is 0 Å². The van der Waals surface area contributed by atoms with E-state index in [1.807, 2.05) is 4.90 Å². The molecule has 1 atom stereocenters. The van der Waals surface area contributed by atoms with Crippen LogP contribution >= 0.6 is 0 Å². The Kier molecular flexibility index (Phi) is 4.99. The van der Waals surface area contributed by atoms with Crippen LogP contribution in [0.5, 0.6) is 0 Å². The number of hydrogen-bond acceptors (Lipinski definition) is 5. The molecule has 0 bridgehead atoms. The summed E-state index contributed by atoms with van der Waals surface area (Å²) in [5, 5.41) is 3.36. The number of halogens is 1. The molecule has 0 spiro atoms. The van der Waals surface area contributed by atoms with Gasteiger partial charge in [0.05, 0.1) is 12.1 Å². The van der Waals surface area contributed by atoms with Gasteiger partial charge in [-0.15, -0.1) is 0 Å². The molecule has 1 aromatic carbocycles. The molecule has 26 heavy (non-hydrogen) atoms. The molecular weight excluding hydrogens is 335 g/mol. The van der Waals surface area contributed by atoms with Gasteiger partial charge in [0.1, 0.15) is 12.1 Å². The molecule has 1 amide bonds. The molecule has 7 heteroatoms.